The molecule has 0 saturated carbocycles. The van der Waals surface area contributed by atoms with Gasteiger partial charge in [0.25, 0.3) is 0 Å². The van der Waals surface area contributed by atoms with Crippen molar-refractivity contribution in [2.24, 2.45) is 0 Å². The van der Waals surface area contributed by atoms with Gasteiger partial charge < -0.3 is 9.47 Å². The van der Waals surface area contributed by atoms with Gasteiger partial charge in [0.2, 0.25) is 0 Å². The molecule has 0 aliphatic carbocycles. The molecule has 0 N–H and O–H groups in total. The molecule has 0 fully saturated rings. The van der Waals surface area contributed by atoms with E-state index in [1.54, 1.807) is 20.3 Å². The van der Waals surface area contributed by atoms with Crippen LogP contribution >= 0.6 is 11.6 Å². The van der Waals surface area contributed by atoms with Crippen LogP contribution in [0.15, 0.2) is 12.1 Å². The fourth-order valence-electron chi connectivity index (χ4n) is 1.20. The summed E-state index contributed by atoms with van der Waals surface area (Å²) in [5, 5.41) is 0.625. The lowest BCUT2D eigenvalue weighted by molar-refractivity contribution is 0.391. The Kier molecular flexibility index (Phi) is 3.43. The molecule has 0 unspecified atom stereocenters. The Morgan fingerprint density at radius 3 is 2.23 bits per heavy atom. The molecule has 0 heterocycles. The zero-order valence-electron chi connectivity index (χ0n) is 8.06. The summed E-state index contributed by atoms with van der Waals surface area (Å²) >= 11 is 5.96. The van der Waals surface area contributed by atoms with E-state index in [2.05, 4.69) is 6.92 Å². The van der Waals surface area contributed by atoms with Crippen LogP contribution in [0.1, 0.15) is 12.5 Å². The van der Waals surface area contributed by atoms with Gasteiger partial charge in [0.1, 0.15) is 11.5 Å². The molecular formula is C10H13ClO2. The minimum absolute atomic E-state index is 0.625. The van der Waals surface area contributed by atoms with Crippen molar-refractivity contribution in [2.75, 3.05) is 14.2 Å². The Bertz CT molecular complexity index is 297. The fourth-order valence-corrected chi connectivity index (χ4v) is 1.46. The Labute approximate surface area is 83.4 Å². The minimum Gasteiger partial charge on any atom is -0.496 e. The van der Waals surface area contributed by atoms with Crippen molar-refractivity contribution in [2.45, 2.75) is 13.3 Å². The molecular weight excluding hydrogens is 188 g/mol. The first-order valence-corrected chi connectivity index (χ1v) is 4.51. The van der Waals surface area contributed by atoms with Gasteiger partial charge in [-0.25, -0.2) is 0 Å². The first-order valence-electron chi connectivity index (χ1n) is 4.13. The van der Waals surface area contributed by atoms with Gasteiger partial charge in [-0.2, -0.15) is 0 Å². The summed E-state index contributed by atoms with van der Waals surface area (Å²) in [6.45, 7) is 2.06. The molecule has 0 aromatic heterocycles. The molecule has 0 atom stereocenters. The molecule has 3 heteroatoms. The molecule has 0 bridgehead atoms. The summed E-state index contributed by atoms with van der Waals surface area (Å²) in [5.41, 5.74) is 1.09. The van der Waals surface area contributed by atoms with E-state index in [1.165, 1.54) is 0 Å². The predicted octanol–water partition coefficient (Wildman–Crippen LogP) is 2.92. The Morgan fingerprint density at radius 2 is 1.77 bits per heavy atom. The third-order valence-electron chi connectivity index (χ3n) is 1.94. The van der Waals surface area contributed by atoms with E-state index in [-0.39, 0.29) is 0 Å². The van der Waals surface area contributed by atoms with Crippen molar-refractivity contribution < 1.29 is 9.47 Å². The maximum Gasteiger partial charge on any atom is 0.141 e. The van der Waals surface area contributed by atoms with E-state index in [9.17, 15) is 0 Å². The van der Waals surface area contributed by atoms with E-state index in [0.29, 0.717) is 10.8 Å². The van der Waals surface area contributed by atoms with Crippen molar-refractivity contribution in [1.82, 2.24) is 0 Å². The first-order chi connectivity index (χ1) is 6.22. The smallest absolute Gasteiger partial charge is 0.141 e. The molecule has 1 aromatic rings. The van der Waals surface area contributed by atoms with Crippen LogP contribution in [0.3, 0.4) is 0 Å². The topological polar surface area (TPSA) is 18.5 Å². The number of rotatable bonds is 3. The molecule has 2 nitrogen and oxygen atoms in total. The second-order valence-electron chi connectivity index (χ2n) is 2.65. The van der Waals surface area contributed by atoms with Crippen molar-refractivity contribution in [3.05, 3.63) is 22.7 Å². The molecule has 0 aliphatic heterocycles. The summed E-state index contributed by atoms with van der Waals surface area (Å²) in [6.07, 6.45) is 0.896. The summed E-state index contributed by atoms with van der Waals surface area (Å²) in [4.78, 5) is 0. The van der Waals surface area contributed by atoms with E-state index >= 15 is 0 Å². The lowest BCUT2D eigenvalue weighted by Gasteiger charge is -2.10. The normalized spacial score (nSPS) is 9.85. The third-order valence-corrected chi connectivity index (χ3v) is 2.23. The first kappa shape index (κ1) is 10.2. The molecule has 1 aromatic carbocycles. The SMILES string of the molecule is CCc1cc(Cl)c(OC)cc1OC. The minimum atomic E-state index is 0.625. The van der Waals surface area contributed by atoms with Crippen LogP contribution in [0, 0.1) is 0 Å². The summed E-state index contributed by atoms with van der Waals surface area (Å²) in [5.74, 6) is 1.47. The number of hydrogen-bond donors (Lipinski definition) is 0. The fraction of sp³-hybridized carbons (Fsp3) is 0.400. The average Bonchev–Trinajstić information content (AvgIpc) is 2.17. The second kappa shape index (κ2) is 4.38. The maximum absolute atomic E-state index is 5.96. The van der Waals surface area contributed by atoms with Crippen LogP contribution in [0.4, 0.5) is 0 Å². The van der Waals surface area contributed by atoms with Crippen molar-refractivity contribution >= 4 is 11.6 Å². The highest BCUT2D eigenvalue weighted by atomic mass is 35.5. The standard InChI is InChI=1S/C10H13ClO2/c1-4-7-5-8(11)10(13-3)6-9(7)12-2/h5-6H,4H2,1-3H3. The highest BCUT2D eigenvalue weighted by Crippen LogP contribution is 2.32. The van der Waals surface area contributed by atoms with E-state index in [0.717, 1.165) is 17.7 Å². The zero-order valence-corrected chi connectivity index (χ0v) is 8.81. The van der Waals surface area contributed by atoms with Crippen LogP contribution in [0.5, 0.6) is 11.5 Å². The molecule has 0 spiro atoms. The molecule has 0 aliphatic rings. The van der Waals surface area contributed by atoms with Gasteiger partial charge in [-0.1, -0.05) is 18.5 Å². The second-order valence-corrected chi connectivity index (χ2v) is 3.06. The third kappa shape index (κ3) is 2.07. The number of aryl methyl sites for hydroxylation is 1. The number of methoxy groups -OCH3 is 2. The molecule has 0 saturated heterocycles. The van der Waals surface area contributed by atoms with Crippen LogP contribution < -0.4 is 9.47 Å². The van der Waals surface area contributed by atoms with E-state index in [4.69, 9.17) is 21.1 Å². The van der Waals surface area contributed by atoms with Crippen molar-refractivity contribution in [3.63, 3.8) is 0 Å². The average molecular weight is 201 g/mol. The molecule has 0 amide bonds. The summed E-state index contributed by atoms with van der Waals surface area (Å²) < 4.78 is 10.3. The predicted molar refractivity (Wildman–Crippen MR) is 53.9 cm³/mol. The lowest BCUT2D eigenvalue weighted by Crippen LogP contribution is -1.93. The Hall–Kier alpha value is -0.890. The van der Waals surface area contributed by atoms with Gasteiger partial charge in [0, 0.05) is 6.07 Å². The largest absolute Gasteiger partial charge is 0.496 e. The van der Waals surface area contributed by atoms with Gasteiger partial charge in [-0.3, -0.25) is 0 Å². The summed E-state index contributed by atoms with van der Waals surface area (Å²) in [7, 11) is 3.23. The lowest BCUT2D eigenvalue weighted by atomic mass is 10.1. The van der Waals surface area contributed by atoms with Crippen LogP contribution in [-0.4, -0.2) is 14.2 Å². The highest BCUT2D eigenvalue weighted by Gasteiger charge is 2.07. The molecule has 13 heavy (non-hydrogen) atoms. The Morgan fingerprint density at radius 1 is 1.15 bits per heavy atom. The van der Waals surface area contributed by atoms with Gasteiger partial charge in [0.05, 0.1) is 19.2 Å². The Balaban J connectivity index is 3.18. The number of benzene rings is 1. The van der Waals surface area contributed by atoms with E-state index in [1.807, 2.05) is 6.07 Å². The van der Waals surface area contributed by atoms with Crippen LogP contribution in [0.2, 0.25) is 5.02 Å². The number of halogens is 1. The van der Waals surface area contributed by atoms with Gasteiger partial charge in [-0.05, 0) is 18.1 Å². The zero-order chi connectivity index (χ0) is 9.84. The van der Waals surface area contributed by atoms with Crippen molar-refractivity contribution in [1.29, 1.82) is 0 Å². The number of hydrogen-bond acceptors (Lipinski definition) is 2. The monoisotopic (exact) mass is 200 g/mol. The van der Waals surface area contributed by atoms with E-state index < -0.39 is 0 Å². The van der Waals surface area contributed by atoms with Gasteiger partial charge in [0.15, 0.2) is 0 Å². The summed E-state index contributed by atoms with van der Waals surface area (Å²) in [6, 6.07) is 3.68. The van der Waals surface area contributed by atoms with Crippen LogP contribution in [-0.2, 0) is 6.42 Å². The van der Waals surface area contributed by atoms with Gasteiger partial charge in [-0.15, -0.1) is 0 Å². The van der Waals surface area contributed by atoms with Crippen molar-refractivity contribution in [3.8, 4) is 11.5 Å². The highest BCUT2D eigenvalue weighted by molar-refractivity contribution is 6.32. The quantitative estimate of drug-likeness (QED) is 0.747. The molecule has 72 valence electrons. The maximum atomic E-state index is 5.96. The molecule has 0 radical (unpaired) electrons. The van der Waals surface area contributed by atoms with Gasteiger partial charge >= 0.3 is 0 Å². The molecule has 1 rings (SSSR count). The van der Waals surface area contributed by atoms with Crippen LogP contribution in [0.25, 0.3) is 0 Å². The number of ether oxygens (including phenoxy) is 2.